The first-order valence-corrected chi connectivity index (χ1v) is 4.65. The van der Waals surface area contributed by atoms with E-state index in [2.05, 4.69) is 6.58 Å². The summed E-state index contributed by atoms with van der Waals surface area (Å²) >= 11 is 0. The second kappa shape index (κ2) is 10.7. The maximum atomic E-state index is 5.40. The first-order valence-electron chi connectivity index (χ1n) is 4.65. The molecule has 0 aliphatic carbocycles. The monoisotopic (exact) mass is 204 g/mol. The van der Waals surface area contributed by atoms with Crippen molar-refractivity contribution in [1.29, 1.82) is 0 Å². The highest BCUT2D eigenvalue weighted by Gasteiger charge is 2.03. The number of methoxy groups -OCH3 is 2. The fourth-order valence-corrected chi connectivity index (χ4v) is 0.809. The van der Waals surface area contributed by atoms with Gasteiger partial charge in [0.05, 0.1) is 39.1 Å². The molecule has 0 amide bonds. The minimum atomic E-state index is -0.0676. The fraction of sp³-hybridized carbons (Fsp3) is 0.800. The summed E-state index contributed by atoms with van der Waals surface area (Å²) in [6.07, 6.45) is 1.66. The van der Waals surface area contributed by atoms with Gasteiger partial charge in [0.15, 0.2) is 0 Å². The summed E-state index contributed by atoms with van der Waals surface area (Å²) in [7, 11) is 3.28. The average molecular weight is 204 g/mol. The highest BCUT2D eigenvalue weighted by Crippen LogP contribution is 1.94. The second-order valence-electron chi connectivity index (χ2n) is 2.71. The number of rotatable bonds is 10. The SMILES string of the molecule is C=CC(COCCOC)OCCOC. The maximum Gasteiger partial charge on any atom is 0.0987 e. The van der Waals surface area contributed by atoms with Gasteiger partial charge in [0.1, 0.15) is 0 Å². The van der Waals surface area contributed by atoms with Crippen LogP contribution in [0.1, 0.15) is 0 Å². The van der Waals surface area contributed by atoms with Crippen LogP contribution in [0.15, 0.2) is 12.7 Å². The zero-order chi connectivity index (χ0) is 10.6. The van der Waals surface area contributed by atoms with E-state index in [1.54, 1.807) is 20.3 Å². The molecule has 0 aromatic rings. The smallest absolute Gasteiger partial charge is 0.0987 e. The highest BCUT2D eigenvalue weighted by molar-refractivity contribution is 4.79. The van der Waals surface area contributed by atoms with Gasteiger partial charge in [-0.2, -0.15) is 0 Å². The van der Waals surface area contributed by atoms with Gasteiger partial charge in [-0.1, -0.05) is 6.08 Å². The number of ether oxygens (including phenoxy) is 4. The zero-order valence-corrected chi connectivity index (χ0v) is 9.03. The molecule has 0 aromatic carbocycles. The molecule has 1 unspecified atom stereocenters. The van der Waals surface area contributed by atoms with Gasteiger partial charge in [0.2, 0.25) is 0 Å². The molecular formula is C10H20O4. The Morgan fingerprint density at radius 1 is 1.07 bits per heavy atom. The molecule has 0 radical (unpaired) electrons. The van der Waals surface area contributed by atoms with Crippen LogP contribution in [0.25, 0.3) is 0 Å². The van der Waals surface area contributed by atoms with Gasteiger partial charge in [0, 0.05) is 14.2 Å². The molecule has 4 nitrogen and oxygen atoms in total. The van der Waals surface area contributed by atoms with E-state index in [4.69, 9.17) is 18.9 Å². The topological polar surface area (TPSA) is 36.9 Å². The van der Waals surface area contributed by atoms with E-state index in [1.165, 1.54) is 0 Å². The third-order valence-electron chi connectivity index (χ3n) is 1.60. The van der Waals surface area contributed by atoms with Gasteiger partial charge in [-0.05, 0) is 0 Å². The Labute approximate surface area is 85.8 Å². The molecule has 0 rings (SSSR count). The second-order valence-corrected chi connectivity index (χ2v) is 2.71. The highest BCUT2D eigenvalue weighted by atomic mass is 16.6. The largest absolute Gasteiger partial charge is 0.382 e. The summed E-state index contributed by atoms with van der Waals surface area (Å²) in [5.74, 6) is 0. The van der Waals surface area contributed by atoms with Crippen molar-refractivity contribution in [1.82, 2.24) is 0 Å². The quantitative estimate of drug-likeness (QED) is 0.391. The van der Waals surface area contributed by atoms with Crippen LogP contribution < -0.4 is 0 Å². The molecule has 0 saturated carbocycles. The number of hydrogen-bond donors (Lipinski definition) is 0. The van der Waals surface area contributed by atoms with E-state index >= 15 is 0 Å². The van der Waals surface area contributed by atoms with Gasteiger partial charge >= 0.3 is 0 Å². The van der Waals surface area contributed by atoms with Crippen molar-refractivity contribution in [2.75, 3.05) is 47.3 Å². The van der Waals surface area contributed by atoms with Crippen molar-refractivity contribution in [2.24, 2.45) is 0 Å². The normalized spacial score (nSPS) is 12.7. The number of hydrogen-bond acceptors (Lipinski definition) is 4. The Morgan fingerprint density at radius 2 is 1.71 bits per heavy atom. The Bertz CT molecular complexity index is 127. The standard InChI is InChI=1S/C10H20O4/c1-4-10(14-8-6-12-3)9-13-7-5-11-2/h4,10H,1,5-9H2,2-3H3. The molecule has 0 aliphatic rings. The Balaban J connectivity index is 3.33. The van der Waals surface area contributed by atoms with E-state index in [0.29, 0.717) is 33.0 Å². The van der Waals surface area contributed by atoms with Crippen LogP contribution in [0.5, 0.6) is 0 Å². The van der Waals surface area contributed by atoms with Crippen LogP contribution in [-0.4, -0.2) is 53.4 Å². The van der Waals surface area contributed by atoms with E-state index < -0.39 is 0 Å². The molecule has 0 saturated heterocycles. The lowest BCUT2D eigenvalue weighted by atomic mass is 10.4. The van der Waals surface area contributed by atoms with E-state index in [-0.39, 0.29) is 6.10 Å². The van der Waals surface area contributed by atoms with Crippen molar-refractivity contribution < 1.29 is 18.9 Å². The summed E-state index contributed by atoms with van der Waals surface area (Å²) in [5.41, 5.74) is 0. The van der Waals surface area contributed by atoms with Crippen LogP contribution in [0.3, 0.4) is 0 Å². The van der Waals surface area contributed by atoms with Gasteiger partial charge in [-0.3, -0.25) is 0 Å². The molecule has 0 aromatic heterocycles. The van der Waals surface area contributed by atoms with Gasteiger partial charge < -0.3 is 18.9 Å². The molecule has 0 bridgehead atoms. The van der Waals surface area contributed by atoms with Crippen molar-refractivity contribution >= 4 is 0 Å². The predicted octanol–water partition coefficient (Wildman–Crippen LogP) is 0.867. The van der Waals surface area contributed by atoms with E-state index in [1.807, 2.05) is 0 Å². The van der Waals surface area contributed by atoms with Crippen LogP contribution in [-0.2, 0) is 18.9 Å². The molecule has 0 fully saturated rings. The molecule has 0 N–H and O–H groups in total. The van der Waals surface area contributed by atoms with Crippen molar-refractivity contribution in [3.05, 3.63) is 12.7 Å². The molecule has 0 aliphatic heterocycles. The summed E-state index contributed by atoms with van der Waals surface area (Å²) in [6.45, 7) is 6.49. The molecule has 0 spiro atoms. The summed E-state index contributed by atoms with van der Waals surface area (Å²) in [6, 6.07) is 0. The van der Waals surface area contributed by atoms with Gasteiger partial charge in [-0.25, -0.2) is 0 Å². The first-order chi connectivity index (χ1) is 6.85. The summed E-state index contributed by atoms with van der Waals surface area (Å²) in [5, 5.41) is 0. The summed E-state index contributed by atoms with van der Waals surface area (Å²) < 4.78 is 20.4. The predicted molar refractivity (Wildman–Crippen MR) is 54.5 cm³/mol. The van der Waals surface area contributed by atoms with E-state index in [0.717, 1.165) is 0 Å². The molecule has 14 heavy (non-hydrogen) atoms. The third-order valence-corrected chi connectivity index (χ3v) is 1.60. The van der Waals surface area contributed by atoms with Crippen molar-refractivity contribution in [3.63, 3.8) is 0 Å². The van der Waals surface area contributed by atoms with Crippen molar-refractivity contribution in [2.45, 2.75) is 6.10 Å². The summed E-state index contributed by atoms with van der Waals surface area (Å²) in [4.78, 5) is 0. The third kappa shape index (κ3) is 8.19. The van der Waals surface area contributed by atoms with E-state index in [9.17, 15) is 0 Å². The van der Waals surface area contributed by atoms with Gasteiger partial charge in [-0.15, -0.1) is 6.58 Å². The lowest BCUT2D eigenvalue weighted by molar-refractivity contribution is -0.0200. The average Bonchev–Trinajstić information content (AvgIpc) is 2.22. The molecule has 4 heteroatoms. The minimum Gasteiger partial charge on any atom is -0.382 e. The van der Waals surface area contributed by atoms with Crippen LogP contribution in [0, 0.1) is 0 Å². The lowest BCUT2D eigenvalue weighted by Gasteiger charge is -2.13. The first kappa shape index (κ1) is 13.6. The van der Waals surface area contributed by atoms with Gasteiger partial charge in [0.25, 0.3) is 0 Å². The molecule has 1 atom stereocenters. The minimum absolute atomic E-state index is 0.0676. The molecule has 0 heterocycles. The van der Waals surface area contributed by atoms with Crippen molar-refractivity contribution in [3.8, 4) is 0 Å². The van der Waals surface area contributed by atoms with Crippen LogP contribution in [0.2, 0.25) is 0 Å². The van der Waals surface area contributed by atoms with Crippen LogP contribution >= 0.6 is 0 Å². The Hall–Kier alpha value is -0.420. The van der Waals surface area contributed by atoms with Crippen LogP contribution in [0.4, 0.5) is 0 Å². The Morgan fingerprint density at radius 3 is 2.29 bits per heavy atom. The lowest BCUT2D eigenvalue weighted by Crippen LogP contribution is -2.20. The molecule has 84 valence electrons. The molecular weight excluding hydrogens is 184 g/mol. The zero-order valence-electron chi connectivity index (χ0n) is 9.03. The maximum absolute atomic E-state index is 5.40. The fourth-order valence-electron chi connectivity index (χ4n) is 0.809. The Kier molecular flexibility index (Phi) is 10.3.